The summed E-state index contributed by atoms with van der Waals surface area (Å²) in [5.41, 5.74) is 4.29. The highest BCUT2D eigenvalue weighted by Crippen LogP contribution is 2.51. The molecule has 1 aliphatic carbocycles. The molecular weight excluding hydrogens is 344 g/mol. The predicted octanol–water partition coefficient (Wildman–Crippen LogP) is 3.74. The first-order chi connectivity index (χ1) is 12.5. The number of fused-ring (bicyclic) bond motifs is 2. The molecule has 0 saturated carbocycles. The molecule has 0 amide bonds. The second-order valence-electron chi connectivity index (χ2n) is 7.41. The van der Waals surface area contributed by atoms with Gasteiger partial charge in [-0.25, -0.2) is 8.42 Å². The number of piperidine rings is 1. The molecule has 1 saturated heterocycles. The second-order valence-corrected chi connectivity index (χ2v) is 9.30. The van der Waals surface area contributed by atoms with Crippen molar-refractivity contribution in [3.63, 3.8) is 0 Å². The third kappa shape index (κ3) is 2.10. The Labute approximate surface area is 153 Å². The van der Waals surface area contributed by atoms with Crippen LogP contribution in [-0.4, -0.2) is 31.0 Å². The number of rotatable bonds is 2. The SMILES string of the molecule is Cc1ccc(S(=O)(=O)N2CCC34CC2C=CC3=Nc2ccccc24)cc1. The molecule has 5 heteroatoms. The van der Waals surface area contributed by atoms with Crippen LogP contribution >= 0.6 is 0 Å². The van der Waals surface area contributed by atoms with Crippen molar-refractivity contribution in [1.82, 2.24) is 4.31 Å². The third-order valence-electron chi connectivity index (χ3n) is 5.94. The topological polar surface area (TPSA) is 49.7 Å². The number of hydrogen-bond donors (Lipinski definition) is 0. The van der Waals surface area contributed by atoms with E-state index in [1.54, 1.807) is 16.4 Å². The minimum atomic E-state index is -3.50. The van der Waals surface area contributed by atoms with Gasteiger partial charge in [-0.05, 0) is 49.6 Å². The summed E-state index contributed by atoms with van der Waals surface area (Å²) in [6.07, 6.45) is 5.58. The van der Waals surface area contributed by atoms with Gasteiger partial charge in [0.15, 0.2) is 0 Å². The molecule has 2 aromatic carbocycles. The predicted molar refractivity (Wildman–Crippen MR) is 102 cm³/mol. The smallest absolute Gasteiger partial charge is 0.243 e. The molecule has 0 N–H and O–H groups in total. The number of hydrogen-bond acceptors (Lipinski definition) is 3. The van der Waals surface area contributed by atoms with Crippen LogP contribution in [0.5, 0.6) is 0 Å². The Kier molecular flexibility index (Phi) is 3.30. The van der Waals surface area contributed by atoms with Crippen LogP contribution in [0.25, 0.3) is 0 Å². The summed E-state index contributed by atoms with van der Waals surface area (Å²) in [5, 5.41) is 0. The van der Waals surface area contributed by atoms with Gasteiger partial charge >= 0.3 is 0 Å². The van der Waals surface area contributed by atoms with E-state index in [-0.39, 0.29) is 11.5 Å². The molecule has 2 unspecified atom stereocenters. The summed E-state index contributed by atoms with van der Waals surface area (Å²) in [5.74, 6) is 0. The van der Waals surface area contributed by atoms with Gasteiger partial charge < -0.3 is 0 Å². The van der Waals surface area contributed by atoms with E-state index in [9.17, 15) is 8.42 Å². The zero-order chi connectivity index (χ0) is 17.9. The Balaban J connectivity index is 1.54. The molecule has 5 rings (SSSR count). The lowest BCUT2D eigenvalue weighted by atomic mass is 9.66. The summed E-state index contributed by atoms with van der Waals surface area (Å²) in [4.78, 5) is 5.18. The molecule has 2 atom stereocenters. The molecule has 1 fully saturated rings. The van der Waals surface area contributed by atoms with Gasteiger partial charge in [-0.15, -0.1) is 0 Å². The maximum Gasteiger partial charge on any atom is 0.243 e. The number of aliphatic imine (C=N–C) groups is 1. The van der Waals surface area contributed by atoms with Crippen molar-refractivity contribution >= 4 is 21.4 Å². The number of nitrogens with zero attached hydrogens (tertiary/aromatic N) is 2. The van der Waals surface area contributed by atoms with E-state index in [2.05, 4.69) is 12.1 Å². The van der Waals surface area contributed by atoms with Crippen molar-refractivity contribution in [1.29, 1.82) is 0 Å². The van der Waals surface area contributed by atoms with Crippen molar-refractivity contribution in [3.05, 3.63) is 71.8 Å². The maximum absolute atomic E-state index is 13.2. The lowest BCUT2D eigenvalue weighted by Gasteiger charge is -2.46. The molecule has 2 bridgehead atoms. The van der Waals surface area contributed by atoms with Crippen LogP contribution in [-0.2, 0) is 15.4 Å². The van der Waals surface area contributed by atoms with Crippen molar-refractivity contribution in [2.45, 2.75) is 36.1 Å². The van der Waals surface area contributed by atoms with E-state index in [0.29, 0.717) is 11.4 Å². The van der Waals surface area contributed by atoms with E-state index in [4.69, 9.17) is 4.99 Å². The minimum Gasteiger partial charge on any atom is -0.252 e. The van der Waals surface area contributed by atoms with Crippen LogP contribution in [0, 0.1) is 6.92 Å². The van der Waals surface area contributed by atoms with Gasteiger partial charge in [0.25, 0.3) is 0 Å². The molecule has 0 aromatic heterocycles. The number of sulfonamides is 1. The molecule has 26 heavy (non-hydrogen) atoms. The Bertz CT molecular complexity index is 1050. The number of benzene rings is 2. The highest BCUT2D eigenvalue weighted by atomic mass is 32.2. The molecular formula is C21H20N2O2S. The quantitative estimate of drug-likeness (QED) is 0.815. The maximum atomic E-state index is 13.2. The first-order valence-corrected chi connectivity index (χ1v) is 10.4. The lowest BCUT2D eigenvalue weighted by molar-refractivity contribution is 0.236. The fourth-order valence-electron chi connectivity index (χ4n) is 4.56. The highest BCUT2D eigenvalue weighted by Gasteiger charge is 2.51. The van der Waals surface area contributed by atoms with Crippen LogP contribution < -0.4 is 0 Å². The standard InChI is InChI=1S/C21H20N2O2S/c1-15-6-9-17(10-7-15)26(24,25)23-13-12-21-14-16(23)8-11-20(21)22-19-5-3-2-4-18(19)21/h2-11,16H,12-14H2,1H3. The van der Waals surface area contributed by atoms with E-state index < -0.39 is 10.0 Å². The fraction of sp³-hybridized carbons (Fsp3) is 0.286. The number of para-hydroxylation sites is 1. The van der Waals surface area contributed by atoms with Crippen LogP contribution in [0.2, 0.25) is 0 Å². The molecule has 1 spiro atoms. The van der Waals surface area contributed by atoms with E-state index in [1.165, 1.54) is 5.56 Å². The zero-order valence-corrected chi connectivity index (χ0v) is 15.4. The summed E-state index contributed by atoms with van der Waals surface area (Å²) >= 11 is 0. The Morgan fingerprint density at radius 2 is 1.88 bits per heavy atom. The molecule has 2 heterocycles. The van der Waals surface area contributed by atoms with Gasteiger partial charge in [-0.2, -0.15) is 4.31 Å². The molecule has 132 valence electrons. The van der Waals surface area contributed by atoms with Gasteiger partial charge in [0.1, 0.15) is 0 Å². The molecule has 0 radical (unpaired) electrons. The average molecular weight is 364 g/mol. The van der Waals surface area contributed by atoms with Gasteiger partial charge in [0.2, 0.25) is 10.0 Å². The summed E-state index contributed by atoms with van der Waals surface area (Å²) in [7, 11) is -3.50. The van der Waals surface area contributed by atoms with Crippen molar-refractivity contribution < 1.29 is 8.42 Å². The van der Waals surface area contributed by atoms with Crippen molar-refractivity contribution in [2.75, 3.05) is 6.54 Å². The van der Waals surface area contributed by atoms with Gasteiger partial charge in [0.05, 0.1) is 16.3 Å². The van der Waals surface area contributed by atoms with E-state index >= 15 is 0 Å². The molecule has 4 nitrogen and oxygen atoms in total. The average Bonchev–Trinajstić information content (AvgIpc) is 2.95. The van der Waals surface area contributed by atoms with Crippen LogP contribution in [0.3, 0.4) is 0 Å². The Hall–Kier alpha value is -2.24. The molecule has 2 aliphatic heterocycles. The zero-order valence-electron chi connectivity index (χ0n) is 14.6. The largest absolute Gasteiger partial charge is 0.252 e. The second kappa shape index (κ2) is 5.38. The molecule has 3 aliphatic rings. The minimum absolute atomic E-state index is 0.125. The van der Waals surface area contributed by atoms with Crippen LogP contribution in [0.1, 0.15) is 24.0 Å². The third-order valence-corrected chi connectivity index (χ3v) is 7.88. The van der Waals surface area contributed by atoms with Crippen LogP contribution in [0.4, 0.5) is 5.69 Å². The number of aryl methyl sites for hydroxylation is 1. The summed E-state index contributed by atoms with van der Waals surface area (Å²) < 4.78 is 28.1. The fourth-order valence-corrected chi connectivity index (χ4v) is 6.15. The monoisotopic (exact) mass is 364 g/mol. The van der Waals surface area contributed by atoms with Crippen molar-refractivity contribution in [2.24, 2.45) is 4.99 Å². The highest BCUT2D eigenvalue weighted by molar-refractivity contribution is 7.89. The van der Waals surface area contributed by atoms with Gasteiger partial charge in [-0.1, -0.05) is 42.0 Å². The Morgan fingerprint density at radius 3 is 2.69 bits per heavy atom. The van der Waals surface area contributed by atoms with Gasteiger partial charge in [0, 0.05) is 18.0 Å². The first kappa shape index (κ1) is 16.0. The van der Waals surface area contributed by atoms with E-state index in [1.807, 2.05) is 43.3 Å². The van der Waals surface area contributed by atoms with Crippen LogP contribution in [0.15, 0.2) is 70.6 Å². The first-order valence-electron chi connectivity index (χ1n) is 8.96. The van der Waals surface area contributed by atoms with Gasteiger partial charge in [-0.3, -0.25) is 4.99 Å². The summed E-state index contributed by atoms with van der Waals surface area (Å²) in [6.45, 7) is 2.47. The lowest BCUT2D eigenvalue weighted by Crippen LogP contribution is -2.54. The summed E-state index contributed by atoms with van der Waals surface area (Å²) in [6, 6.07) is 15.3. The number of allylic oxidation sites excluding steroid dienone is 1. The normalized spacial score (nSPS) is 27.0. The Morgan fingerprint density at radius 1 is 1.12 bits per heavy atom. The van der Waals surface area contributed by atoms with E-state index in [0.717, 1.165) is 29.8 Å². The van der Waals surface area contributed by atoms with Crippen molar-refractivity contribution in [3.8, 4) is 0 Å². The molecule has 2 aromatic rings.